The first-order valence-electron chi connectivity index (χ1n) is 3.43. The van der Waals surface area contributed by atoms with Crippen LogP contribution in [-0.2, 0) is 6.18 Å². The maximum atomic E-state index is 12.2. The van der Waals surface area contributed by atoms with Crippen LogP contribution in [0.25, 0.3) is 4.48 Å². The molecule has 0 aliphatic rings. The smallest absolute Gasteiger partial charge is 0.166 e. The summed E-state index contributed by atoms with van der Waals surface area (Å²) in [5.74, 6) is 0. The van der Waals surface area contributed by atoms with E-state index in [4.69, 9.17) is 0 Å². The molecule has 0 saturated carbocycles. The molecule has 0 amide bonds. The van der Waals surface area contributed by atoms with Crippen molar-refractivity contribution in [2.24, 2.45) is 0 Å². The van der Waals surface area contributed by atoms with Crippen molar-refractivity contribution in [1.82, 2.24) is 0 Å². The van der Waals surface area contributed by atoms with Gasteiger partial charge in [0.05, 0.1) is 5.56 Å². The van der Waals surface area contributed by atoms with Gasteiger partial charge in [0.2, 0.25) is 0 Å². The molecule has 0 fully saturated rings. The van der Waals surface area contributed by atoms with Gasteiger partial charge in [-0.2, -0.15) is 13.2 Å². The minimum absolute atomic E-state index is 0.440. The van der Waals surface area contributed by atoms with Gasteiger partial charge >= 0.3 is 6.18 Å². The lowest BCUT2D eigenvalue weighted by molar-refractivity contribution is -0.137. The third-order valence-electron chi connectivity index (χ3n) is 1.50. The predicted molar refractivity (Wildman–Crippen MR) is 49.4 cm³/mol. The lowest BCUT2D eigenvalue weighted by Crippen LogP contribution is -2.04. The second-order valence-electron chi connectivity index (χ2n) is 2.48. The molecule has 0 atom stereocenters. The van der Waals surface area contributed by atoms with Crippen molar-refractivity contribution in [3.8, 4) is 0 Å². The monoisotopic (exact) mass is 250 g/mol. The topological polar surface area (TPSA) is 0 Å². The molecule has 0 aliphatic carbocycles. The van der Waals surface area contributed by atoms with E-state index in [1.54, 1.807) is 6.07 Å². The van der Waals surface area contributed by atoms with E-state index in [1.165, 1.54) is 6.07 Å². The normalized spacial score (nSPS) is 11.4. The molecule has 0 N–H and O–H groups in total. The van der Waals surface area contributed by atoms with E-state index in [0.717, 1.165) is 12.1 Å². The lowest BCUT2D eigenvalue weighted by atomic mass is 10.1. The van der Waals surface area contributed by atoms with Gasteiger partial charge in [-0.25, -0.2) is 0 Å². The number of halogens is 4. The second-order valence-corrected chi connectivity index (χ2v) is 3.44. The Morgan fingerprint density at radius 2 is 1.92 bits per heavy atom. The molecular weight excluding hydrogens is 245 g/mol. The molecule has 13 heavy (non-hydrogen) atoms. The predicted octanol–water partition coefficient (Wildman–Crippen LogP) is 4.07. The summed E-state index contributed by atoms with van der Waals surface area (Å²) in [6, 6.07) is 4.99. The summed E-state index contributed by atoms with van der Waals surface area (Å²) in [7, 11) is 0. The SMILES string of the molecule is C=C(Br)c1cccc(C(F)(F)F)c1. The zero-order valence-electron chi connectivity index (χ0n) is 6.53. The summed E-state index contributed by atoms with van der Waals surface area (Å²) in [6.45, 7) is 3.50. The summed E-state index contributed by atoms with van der Waals surface area (Å²) in [5, 5.41) is 0. The molecule has 0 bridgehead atoms. The number of rotatable bonds is 1. The summed E-state index contributed by atoms with van der Waals surface area (Å²) < 4.78 is 37.0. The largest absolute Gasteiger partial charge is 0.416 e. The van der Waals surface area contributed by atoms with Crippen LogP contribution in [0.1, 0.15) is 11.1 Å². The van der Waals surface area contributed by atoms with Gasteiger partial charge in [-0.15, -0.1) is 0 Å². The Labute approximate surface area is 82.2 Å². The minimum Gasteiger partial charge on any atom is -0.166 e. The first-order chi connectivity index (χ1) is 5.91. The molecule has 0 spiro atoms. The Hall–Kier alpha value is -0.770. The van der Waals surface area contributed by atoms with Crippen molar-refractivity contribution in [1.29, 1.82) is 0 Å². The van der Waals surface area contributed by atoms with E-state index in [2.05, 4.69) is 22.5 Å². The Morgan fingerprint density at radius 3 is 2.38 bits per heavy atom. The highest BCUT2D eigenvalue weighted by atomic mass is 79.9. The summed E-state index contributed by atoms with van der Waals surface area (Å²) in [4.78, 5) is 0. The van der Waals surface area contributed by atoms with Crippen molar-refractivity contribution in [3.63, 3.8) is 0 Å². The molecule has 70 valence electrons. The van der Waals surface area contributed by atoms with Crippen LogP contribution in [0, 0.1) is 0 Å². The molecule has 4 heteroatoms. The molecule has 1 rings (SSSR count). The van der Waals surface area contributed by atoms with Crippen molar-refractivity contribution in [2.45, 2.75) is 6.18 Å². The van der Waals surface area contributed by atoms with Crippen molar-refractivity contribution >= 4 is 20.4 Å². The molecule has 0 aliphatic heterocycles. The van der Waals surface area contributed by atoms with Crippen LogP contribution in [0.5, 0.6) is 0 Å². The van der Waals surface area contributed by atoms with Crippen LogP contribution in [0.3, 0.4) is 0 Å². The third-order valence-corrected chi connectivity index (χ3v) is 1.96. The van der Waals surface area contributed by atoms with Crippen LogP contribution >= 0.6 is 15.9 Å². The number of hydrogen-bond acceptors (Lipinski definition) is 0. The highest BCUT2D eigenvalue weighted by Crippen LogP contribution is 2.31. The summed E-state index contributed by atoms with van der Waals surface area (Å²) in [6.07, 6.45) is -4.29. The van der Waals surface area contributed by atoms with Crippen molar-refractivity contribution < 1.29 is 13.2 Å². The minimum atomic E-state index is -4.29. The van der Waals surface area contributed by atoms with Gasteiger partial charge in [-0.05, 0) is 17.7 Å². The van der Waals surface area contributed by atoms with E-state index < -0.39 is 11.7 Å². The highest BCUT2D eigenvalue weighted by molar-refractivity contribution is 9.15. The average molecular weight is 251 g/mol. The molecule has 0 radical (unpaired) electrons. The van der Waals surface area contributed by atoms with Crippen LogP contribution in [0.15, 0.2) is 30.8 Å². The first kappa shape index (κ1) is 10.3. The van der Waals surface area contributed by atoms with Crippen LogP contribution in [0.4, 0.5) is 13.2 Å². The second kappa shape index (κ2) is 3.54. The average Bonchev–Trinajstić information content (AvgIpc) is 2.03. The maximum absolute atomic E-state index is 12.2. The molecule has 0 saturated heterocycles. The molecule has 0 unspecified atom stereocenters. The van der Waals surface area contributed by atoms with Gasteiger partial charge in [-0.3, -0.25) is 0 Å². The van der Waals surface area contributed by atoms with E-state index in [1.807, 2.05) is 0 Å². The van der Waals surface area contributed by atoms with Gasteiger partial charge < -0.3 is 0 Å². The fraction of sp³-hybridized carbons (Fsp3) is 0.111. The lowest BCUT2D eigenvalue weighted by Gasteiger charge is -2.07. The Balaban J connectivity index is 3.13. The van der Waals surface area contributed by atoms with Crippen LogP contribution in [0.2, 0.25) is 0 Å². The van der Waals surface area contributed by atoms with Crippen LogP contribution in [-0.4, -0.2) is 0 Å². The highest BCUT2D eigenvalue weighted by Gasteiger charge is 2.30. The molecule has 0 aromatic heterocycles. The molecule has 0 nitrogen and oxygen atoms in total. The van der Waals surface area contributed by atoms with Gasteiger partial charge in [0.1, 0.15) is 0 Å². The quantitative estimate of drug-likeness (QED) is 0.705. The van der Waals surface area contributed by atoms with E-state index in [9.17, 15) is 13.2 Å². The van der Waals surface area contributed by atoms with E-state index in [0.29, 0.717) is 10.0 Å². The number of benzene rings is 1. The standard InChI is InChI=1S/C9H6BrF3/c1-6(10)7-3-2-4-8(5-7)9(11,12)13/h2-5H,1H2. The van der Waals surface area contributed by atoms with Gasteiger partial charge in [0.15, 0.2) is 0 Å². The molecule has 1 aromatic rings. The fourth-order valence-electron chi connectivity index (χ4n) is 0.864. The fourth-order valence-corrected chi connectivity index (χ4v) is 1.11. The van der Waals surface area contributed by atoms with Crippen LogP contribution < -0.4 is 0 Å². The molecule has 1 aromatic carbocycles. The number of alkyl halides is 3. The van der Waals surface area contributed by atoms with Crippen molar-refractivity contribution in [2.75, 3.05) is 0 Å². The summed E-state index contributed by atoms with van der Waals surface area (Å²) in [5.41, 5.74) is -0.222. The van der Waals surface area contributed by atoms with Gasteiger partial charge in [0, 0.05) is 4.48 Å². The molecular formula is C9H6BrF3. The van der Waals surface area contributed by atoms with E-state index >= 15 is 0 Å². The third kappa shape index (κ3) is 2.59. The Kier molecular flexibility index (Phi) is 2.81. The number of hydrogen-bond donors (Lipinski definition) is 0. The Morgan fingerprint density at radius 1 is 1.31 bits per heavy atom. The van der Waals surface area contributed by atoms with Gasteiger partial charge in [0.25, 0.3) is 0 Å². The zero-order valence-corrected chi connectivity index (χ0v) is 8.11. The Bertz CT molecular complexity index is 328. The summed E-state index contributed by atoms with van der Waals surface area (Å²) >= 11 is 3.02. The van der Waals surface area contributed by atoms with E-state index in [-0.39, 0.29) is 0 Å². The zero-order chi connectivity index (χ0) is 10.1. The molecule has 0 heterocycles. The maximum Gasteiger partial charge on any atom is 0.416 e. The van der Waals surface area contributed by atoms with Gasteiger partial charge in [-0.1, -0.05) is 34.6 Å². The van der Waals surface area contributed by atoms with Crippen molar-refractivity contribution in [3.05, 3.63) is 42.0 Å². The first-order valence-corrected chi connectivity index (χ1v) is 4.22.